The van der Waals surface area contributed by atoms with Crippen molar-refractivity contribution in [1.82, 2.24) is 9.71 Å². The van der Waals surface area contributed by atoms with E-state index in [2.05, 4.69) is 15.0 Å². The van der Waals surface area contributed by atoms with E-state index in [1.54, 1.807) is 25.6 Å². The van der Waals surface area contributed by atoms with E-state index < -0.39 is 10.0 Å². The molecule has 0 fully saturated rings. The molecule has 0 aromatic carbocycles. The van der Waals surface area contributed by atoms with Crippen molar-refractivity contribution < 1.29 is 12.8 Å². The van der Waals surface area contributed by atoms with Crippen LogP contribution >= 0.6 is 0 Å². The number of nitrogens with zero attached hydrogens (tertiary/aromatic N) is 1. The molecule has 6 nitrogen and oxygen atoms in total. The van der Waals surface area contributed by atoms with Gasteiger partial charge in [0.1, 0.15) is 10.7 Å². The molecule has 1 unspecified atom stereocenters. The van der Waals surface area contributed by atoms with Gasteiger partial charge in [0, 0.05) is 31.9 Å². The monoisotopic (exact) mass is 309 g/mol. The highest BCUT2D eigenvalue weighted by molar-refractivity contribution is 7.89. The van der Waals surface area contributed by atoms with Crippen LogP contribution in [0.2, 0.25) is 0 Å². The highest BCUT2D eigenvalue weighted by Gasteiger charge is 2.20. The van der Waals surface area contributed by atoms with Crippen molar-refractivity contribution in [3.8, 4) is 0 Å². The molecule has 21 heavy (non-hydrogen) atoms. The molecule has 0 spiro atoms. The quantitative estimate of drug-likeness (QED) is 0.817. The summed E-state index contributed by atoms with van der Waals surface area (Å²) in [5, 5.41) is 2.86. The number of aryl methyl sites for hydroxylation is 1. The van der Waals surface area contributed by atoms with Crippen molar-refractivity contribution in [2.75, 3.05) is 12.4 Å². The molecule has 2 rings (SSSR count). The van der Waals surface area contributed by atoms with Gasteiger partial charge >= 0.3 is 0 Å². The first-order chi connectivity index (χ1) is 10.0. The molecule has 0 saturated heterocycles. The summed E-state index contributed by atoms with van der Waals surface area (Å²) in [5.74, 6) is 0.846. The first-order valence-corrected chi connectivity index (χ1v) is 8.17. The Kier molecular flexibility index (Phi) is 4.98. The van der Waals surface area contributed by atoms with Crippen LogP contribution in [0.15, 0.2) is 46.2 Å². The Labute approximate surface area is 124 Å². The van der Waals surface area contributed by atoms with Gasteiger partial charge in [0.05, 0.1) is 12.0 Å². The molecule has 0 saturated carbocycles. The van der Waals surface area contributed by atoms with E-state index in [0.29, 0.717) is 18.5 Å². The van der Waals surface area contributed by atoms with Crippen molar-refractivity contribution in [2.24, 2.45) is 0 Å². The average molecular weight is 309 g/mol. The Bertz CT molecular complexity index is 669. The zero-order valence-electron chi connectivity index (χ0n) is 12.0. The summed E-state index contributed by atoms with van der Waals surface area (Å²) in [5.41, 5.74) is 0.524. The first kappa shape index (κ1) is 15.5. The van der Waals surface area contributed by atoms with Crippen LogP contribution in [0.1, 0.15) is 19.1 Å². The molecule has 2 N–H and O–H groups in total. The Morgan fingerprint density at radius 3 is 2.86 bits per heavy atom. The van der Waals surface area contributed by atoms with E-state index in [9.17, 15) is 8.42 Å². The van der Waals surface area contributed by atoms with Gasteiger partial charge in [0.25, 0.3) is 0 Å². The van der Waals surface area contributed by atoms with Crippen LogP contribution in [0.25, 0.3) is 0 Å². The maximum absolute atomic E-state index is 12.4. The molecule has 1 atom stereocenters. The maximum Gasteiger partial charge on any atom is 0.244 e. The van der Waals surface area contributed by atoms with Crippen LogP contribution in [0.5, 0.6) is 0 Å². The van der Waals surface area contributed by atoms with E-state index in [1.807, 2.05) is 19.1 Å². The van der Waals surface area contributed by atoms with Gasteiger partial charge in [-0.15, -0.1) is 0 Å². The minimum Gasteiger partial charge on any atom is -0.469 e. The summed E-state index contributed by atoms with van der Waals surface area (Å²) in [6, 6.07) is 5.12. The first-order valence-electron chi connectivity index (χ1n) is 6.69. The van der Waals surface area contributed by atoms with Gasteiger partial charge in [0.15, 0.2) is 0 Å². The fourth-order valence-electron chi connectivity index (χ4n) is 2.00. The van der Waals surface area contributed by atoms with E-state index in [4.69, 9.17) is 4.42 Å². The van der Waals surface area contributed by atoms with Gasteiger partial charge in [-0.1, -0.05) is 0 Å². The topological polar surface area (TPSA) is 84.2 Å². The summed E-state index contributed by atoms with van der Waals surface area (Å²) in [4.78, 5) is 4.03. The number of hydrogen-bond acceptors (Lipinski definition) is 5. The van der Waals surface area contributed by atoms with Crippen LogP contribution in [-0.2, 0) is 16.4 Å². The summed E-state index contributed by atoms with van der Waals surface area (Å²) in [6.07, 6.45) is 5.84. The molecule has 2 aromatic rings. The predicted octanol–water partition coefficient (Wildman–Crippen LogP) is 2.02. The molecule has 0 amide bonds. The van der Waals surface area contributed by atoms with Gasteiger partial charge in [-0.2, -0.15) is 0 Å². The lowest BCUT2D eigenvalue weighted by molar-refractivity contribution is 0.480. The second kappa shape index (κ2) is 6.73. The summed E-state index contributed by atoms with van der Waals surface area (Å²) < 4.78 is 32.6. The molecule has 0 aliphatic heterocycles. The summed E-state index contributed by atoms with van der Waals surface area (Å²) in [7, 11) is -1.92. The normalized spacial score (nSPS) is 13.0. The number of furan rings is 1. The molecular weight excluding hydrogens is 290 g/mol. The number of sulfonamides is 1. The number of anilines is 1. The third-order valence-electron chi connectivity index (χ3n) is 3.10. The fourth-order valence-corrected chi connectivity index (χ4v) is 3.44. The van der Waals surface area contributed by atoms with Crippen LogP contribution < -0.4 is 10.0 Å². The van der Waals surface area contributed by atoms with Gasteiger partial charge < -0.3 is 9.73 Å². The zero-order chi connectivity index (χ0) is 15.3. The number of rotatable bonds is 7. The van der Waals surface area contributed by atoms with Crippen LogP contribution in [0, 0.1) is 0 Å². The molecule has 0 bridgehead atoms. The third-order valence-corrected chi connectivity index (χ3v) is 4.72. The largest absolute Gasteiger partial charge is 0.469 e. The molecule has 2 aromatic heterocycles. The van der Waals surface area contributed by atoms with Gasteiger partial charge in [0.2, 0.25) is 10.0 Å². The second-order valence-corrected chi connectivity index (χ2v) is 6.44. The molecule has 0 radical (unpaired) electrons. The van der Waals surface area contributed by atoms with Crippen LogP contribution in [-0.4, -0.2) is 26.5 Å². The van der Waals surface area contributed by atoms with Crippen LogP contribution in [0.3, 0.4) is 0 Å². The van der Waals surface area contributed by atoms with Crippen molar-refractivity contribution in [3.05, 3.63) is 42.6 Å². The minimum absolute atomic E-state index is 0.150. The third kappa shape index (κ3) is 4.05. The van der Waals surface area contributed by atoms with Gasteiger partial charge in [-0.05, 0) is 31.5 Å². The van der Waals surface area contributed by atoms with E-state index in [0.717, 1.165) is 5.76 Å². The Balaban J connectivity index is 2.03. The van der Waals surface area contributed by atoms with Crippen molar-refractivity contribution in [2.45, 2.75) is 30.7 Å². The highest BCUT2D eigenvalue weighted by Crippen LogP contribution is 2.19. The van der Waals surface area contributed by atoms with Gasteiger partial charge in [-0.3, -0.25) is 4.98 Å². The molecule has 114 valence electrons. The lowest BCUT2D eigenvalue weighted by Gasteiger charge is -2.15. The number of aromatic nitrogens is 1. The van der Waals surface area contributed by atoms with Crippen molar-refractivity contribution in [1.29, 1.82) is 0 Å². The Morgan fingerprint density at radius 1 is 1.38 bits per heavy atom. The van der Waals surface area contributed by atoms with Crippen LogP contribution in [0.4, 0.5) is 5.69 Å². The number of nitrogens with one attached hydrogen (secondary N) is 2. The lowest BCUT2D eigenvalue weighted by Crippen LogP contribution is -2.33. The SMILES string of the molecule is CNc1ccncc1S(=O)(=O)NC(C)CCc1ccco1. The smallest absolute Gasteiger partial charge is 0.244 e. The maximum atomic E-state index is 12.4. The van der Waals surface area contributed by atoms with Gasteiger partial charge in [-0.25, -0.2) is 13.1 Å². The Morgan fingerprint density at radius 2 is 2.19 bits per heavy atom. The zero-order valence-corrected chi connectivity index (χ0v) is 12.9. The summed E-state index contributed by atoms with van der Waals surface area (Å²) in [6.45, 7) is 1.83. The highest BCUT2D eigenvalue weighted by atomic mass is 32.2. The fraction of sp³-hybridized carbons (Fsp3) is 0.357. The summed E-state index contributed by atoms with van der Waals surface area (Å²) >= 11 is 0. The van der Waals surface area contributed by atoms with E-state index in [-0.39, 0.29) is 10.9 Å². The van der Waals surface area contributed by atoms with Crippen molar-refractivity contribution in [3.63, 3.8) is 0 Å². The second-order valence-electron chi connectivity index (χ2n) is 4.76. The molecular formula is C14H19N3O3S. The molecule has 0 aliphatic rings. The van der Waals surface area contributed by atoms with E-state index in [1.165, 1.54) is 6.20 Å². The van der Waals surface area contributed by atoms with Crippen molar-refractivity contribution >= 4 is 15.7 Å². The molecule has 7 heteroatoms. The van der Waals surface area contributed by atoms with E-state index >= 15 is 0 Å². The average Bonchev–Trinajstić information content (AvgIpc) is 2.98. The standard InChI is InChI=1S/C14H19N3O3S/c1-11(5-6-12-4-3-9-20-12)17-21(18,19)14-10-16-8-7-13(14)15-2/h3-4,7-11,17H,5-6H2,1-2H3,(H,15,16). The minimum atomic E-state index is -3.60. The number of hydrogen-bond donors (Lipinski definition) is 2. The predicted molar refractivity (Wildman–Crippen MR) is 80.6 cm³/mol. The molecule has 2 heterocycles. The Hall–Kier alpha value is -1.86. The number of pyridine rings is 1. The molecule has 0 aliphatic carbocycles. The lowest BCUT2D eigenvalue weighted by atomic mass is 10.2.